The molecule has 6 nitrogen and oxygen atoms in total. The molecule has 0 spiro atoms. The van der Waals surface area contributed by atoms with E-state index in [0.29, 0.717) is 11.1 Å². The minimum atomic E-state index is -3.92. The predicted molar refractivity (Wildman–Crippen MR) is 84.5 cm³/mol. The van der Waals surface area contributed by atoms with Gasteiger partial charge in [0.25, 0.3) is 10.0 Å². The van der Waals surface area contributed by atoms with Gasteiger partial charge in [0.1, 0.15) is 0 Å². The van der Waals surface area contributed by atoms with E-state index in [1.165, 1.54) is 24.3 Å². The lowest BCUT2D eigenvalue weighted by molar-refractivity contribution is 0.596. The lowest BCUT2D eigenvalue weighted by atomic mass is 10.1. The fourth-order valence-corrected chi connectivity index (χ4v) is 3.66. The van der Waals surface area contributed by atoms with Gasteiger partial charge in [0.05, 0.1) is 15.5 Å². The van der Waals surface area contributed by atoms with E-state index in [2.05, 4.69) is 4.72 Å². The van der Waals surface area contributed by atoms with E-state index in [1.54, 1.807) is 32.0 Å². The molecule has 0 radical (unpaired) electrons. The van der Waals surface area contributed by atoms with Crippen LogP contribution in [0.25, 0.3) is 0 Å². The highest BCUT2D eigenvalue weighted by Gasteiger charge is 2.18. The van der Waals surface area contributed by atoms with Gasteiger partial charge in [0.15, 0.2) is 0 Å². The average Bonchev–Trinajstić information content (AvgIpc) is 2.43. The second-order valence-electron chi connectivity index (χ2n) is 4.88. The minimum absolute atomic E-state index is 0.0908. The third-order valence-electron chi connectivity index (χ3n) is 3.27. The molecule has 0 aliphatic rings. The maximum Gasteiger partial charge on any atom is 0.261 e. The Kier molecular flexibility index (Phi) is 4.28. The van der Waals surface area contributed by atoms with Crippen LogP contribution in [-0.4, -0.2) is 16.8 Å². The quantitative estimate of drug-likeness (QED) is 0.884. The summed E-state index contributed by atoms with van der Waals surface area (Å²) in [5.41, 5.74) is 1.44. The third kappa shape index (κ3) is 3.46. The van der Waals surface area contributed by atoms with Crippen LogP contribution < -0.4 is 9.86 Å². The van der Waals surface area contributed by atoms with Crippen LogP contribution in [0.5, 0.6) is 0 Å². The van der Waals surface area contributed by atoms with Crippen LogP contribution in [0.3, 0.4) is 0 Å². The molecule has 22 heavy (non-hydrogen) atoms. The van der Waals surface area contributed by atoms with Crippen molar-refractivity contribution in [3.8, 4) is 0 Å². The molecular formula is C14H16N2O4S2. The Morgan fingerprint density at radius 2 is 1.50 bits per heavy atom. The van der Waals surface area contributed by atoms with Crippen LogP contribution in [-0.2, 0) is 20.0 Å². The minimum Gasteiger partial charge on any atom is -0.279 e. The molecule has 0 aliphatic carbocycles. The Bertz CT molecular complexity index is 905. The monoisotopic (exact) mass is 340 g/mol. The maximum absolute atomic E-state index is 12.3. The van der Waals surface area contributed by atoms with Crippen molar-refractivity contribution in [2.24, 2.45) is 5.14 Å². The summed E-state index contributed by atoms with van der Waals surface area (Å²) >= 11 is 0. The van der Waals surface area contributed by atoms with E-state index in [9.17, 15) is 16.8 Å². The van der Waals surface area contributed by atoms with E-state index < -0.39 is 20.0 Å². The molecule has 0 aromatic heterocycles. The fourth-order valence-electron chi connectivity index (χ4n) is 1.90. The Labute approximate surface area is 130 Å². The third-order valence-corrected chi connectivity index (χ3v) is 5.54. The van der Waals surface area contributed by atoms with Gasteiger partial charge in [-0.3, -0.25) is 4.72 Å². The summed E-state index contributed by atoms with van der Waals surface area (Å²) in [4.78, 5) is -0.0468. The van der Waals surface area contributed by atoms with E-state index >= 15 is 0 Å². The van der Waals surface area contributed by atoms with Gasteiger partial charge in [-0.15, -0.1) is 0 Å². The molecule has 2 aromatic carbocycles. The number of rotatable bonds is 4. The van der Waals surface area contributed by atoms with Gasteiger partial charge in [0.2, 0.25) is 10.0 Å². The molecule has 8 heteroatoms. The molecule has 0 bridgehead atoms. The molecule has 0 heterocycles. The van der Waals surface area contributed by atoms with E-state index in [4.69, 9.17) is 5.14 Å². The van der Waals surface area contributed by atoms with Crippen molar-refractivity contribution in [1.82, 2.24) is 0 Å². The largest absolute Gasteiger partial charge is 0.279 e. The van der Waals surface area contributed by atoms with Crippen LogP contribution >= 0.6 is 0 Å². The van der Waals surface area contributed by atoms with Crippen molar-refractivity contribution >= 4 is 25.7 Å². The highest BCUT2D eigenvalue weighted by atomic mass is 32.2. The molecular weight excluding hydrogens is 324 g/mol. The van der Waals surface area contributed by atoms with Crippen LogP contribution in [0.2, 0.25) is 0 Å². The molecule has 2 aromatic rings. The second kappa shape index (κ2) is 5.71. The first-order valence-electron chi connectivity index (χ1n) is 6.33. The lowest BCUT2D eigenvalue weighted by Crippen LogP contribution is -2.16. The van der Waals surface area contributed by atoms with Crippen LogP contribution in [0, 0.1) is 13.8 Å². The van der Waals surface area contributed by atoms with Crippen molar-refractivity contribution in [2.75, 3.05) is 4.72 Å². The van der Waals surface area contributed by atoms with Crippen LogP contribution in [0.4, 0.5) is 5.69 Å². The number of hydrogen-bond donors (Lipinski definition) is 2. The molecule has 2 rings (SSSR count). The number of benzene rings is 2. The average molecular weight is 340 g/mol. The molecule has 0 atom stereocenters. The molecule has 0 saturated heterocycles. The maximum atomic E-state index is 12.3. The van der Waals surface area contributed by atoms with Crippen molar-refractivity contribution in [3.05, 3.63) is 53.6 Å². The fraction of sp³-hybridized carbons (Fsp3) is 0.143. The highest BCUT2D eigenvalue weighted by molar-refractivity contribution is 7.92. The lowest BCUT2D eigenvalue weighted by Gasteiger charge is -2.14. The van der Waals surface area contributed by atoms with Crippen molar-refractivity contribution < 1.29 is 16.8 Å². The first-order valence-corrected chi connectivity index (χ1v) is 9.36. The van der Waals surface area contributed by atoms with E-state index in [0.717, 1.165) is 0 Å². The summed E-state index contributed by atoms with van der Waals surface area (Å²) in [5.74, 6) is 0. The van der Waals surface area contributed by atoms with Gasteiger partial charge in [-0.1, -0.05) is 18.2 Å². The Balaban J connectivity index is 2.53. The summed E-state index contributed by atoms with van der Waals surface area (Å²) in [6.45, 7) is 3.38. The predicted octanol–water partition coefficient (Wildman–Crippen LogP) is 1.75. The molecule has 0 fully saturated rings. The zero-order valence-corrected chi connectivity index (χ0v) is 13.7. The summed E-state index contributed by atoms with van der Waals surface area (Å²) in [6.07, 6.45) is 0. The Hall–Kier alpha value is -1.90. The molecule has 0 unspecified atom stereocenters. The van der Waals surface area contributed by atoms with Gasteiger partial charge >= 0.3 is 0 Å². The molecule has 0 aliphatic heterocycles. The number of aryl methyl sites for hydroxylation is 1. The highest BCUT2D eigenvalue weighted by Crippen LogP contribution is 2.25. The number of nitrogens with one attached hydrogen (secondary N) is 1. The Morgan fingerprint density at radius 1 is 0.909 bits per heavy atom. The van der Waals surface area contributed by atoms with E-state index in [-0.39, 0.29) is 15.5 Å². The normalized spacial score (nSPS) is 12.1. The van der Waals surface area contributed by atoms with Gasteiger partial charge < -0.3 is 0 Å². The van der Waals surface area contributed by atoms with Crippen LogP contribution in [0.15, 0.2) is 52.3 Å². The zero-order chi connectivity index (χ0) is 16.5. The number of sulfonamides is 2. The first-order chi connectivity index (χ1) is 10.1. The molecule has 0 saturated carbocycles. The number of primary sulfonamides is 1. The van der Waals surface area contributed by atoms with Crippen molar-refractivity contribution in [2.45, 2.75) is 23.6 Å². The topological polar surface area (TPSA) is 106 Å². The number of nitrogens with two attached hydrogens (primary N) is 1. The van der Waals surface area contributed by atoms with Gasteiger partial charge in [-0.25, -0.2) is 22.0 Å². The standard InChI is InChI=1S/C14H16N2O4S2/c1-10-8-13(21(15,17)18)9-14(11(10)2)16-22(19,20)12-6-4-3-5-7-12/h3-9,16H,1-2H3,(H2,15,17,18). The second-order valence-corrected chi connectivity index (χ2v) is 8.12. The van der Waals surface area contributed by atoms with Gasteiger partial charge in [0, 0.05) is 0 Å². The van der Waals surface area contributed by atoms with E-state index in [1.807, 2.05) is 0 Å². The molecule has 3 N–H and O–H groups in total. The number of anilines is 1. The van der Waals surface area contributed by atoms with Gasteiger partial charge in [-0.2, -0.15) is 0 Å². The number of hydrogen-bond acceptors (Lipinski definition) is 4. The summed E-state index contributed by atoms with van der Waals surface area (Å²) < 4.78 is 50.0. The zero-order valence-electron chi connectivity index (χ0n) is 12.1. The first kappa shape index (κ1) is 16.5. The van der Waals surface area contributed by atoms with Crippen molar-refractivity contribution in [3.63, 3.8) is 0 Å². The van der Waals surface area contributed by atoms with Gasteiger partial charge in [-0.05, 0) is 49.2 Å². The van der Waals surface area contributed by atoms with Crippen LogP contribution in [0.1, 0.15) is 11.1 Å². The van der Waals surface area contributed by atoms with Crippen molar-refractivity contribution in [1.29, 1.82) is 0 Å². The summed E-state index contributed by atoms with van der Waals surface area (Å²) in [6, 6.07) is 10.4. The SMILES string of the molecule is Cc1cc(S(N)(=O)=O)cc(NS(=O)(=O)c2ccccc2)c1C. The molecule has 118 valence electrons. The molecule has 0 amide bonds. The smallest absolute Gasteiger partial charge is 0.261 e. The summed E-state index contributed by atoms with van der Waals surface area (Å²) in [5, 5.41) is 5.11. The Morgan fingerprint density at radius 3 is 2.05 bits per heavy atom. The summed E-state index contributed by atoms with van der Waals surface area (Å²) in [7, 11) is -7.72.